The highest BCUT2D eigenvalue weighted by Crippen LogP contribution is 2.18. The number of hydrogen-bond donors (Lipinski definition) is 1. The molecule has 0 unspecified atom stereocenters. The summed E-state index contributed by atoms with van der Waals surface area (Å²) in [7, 11) is 0. The third-order valence-electron chi connectivity index (χ3n) is 5.28. The van der Waals surface area contributed by atoms with Gasteiger partial charge in [-0.25, -0.2) is 4.98 Å². The average Bonchev–Trinajstić information content (AvgIpc) is 3.12. The molecule has 0 bridgehead atoms. The second kappa shape index (κ2) is 6.55. The van der Waals surface area contributed by atoms with Crippen LogP contribution in [0, 0.1) is 0 Å². The van der Waals surface area contributed by atoms with Gasteiger partial charge in [-0.05, 0) is 35.9 Å². The van der Waals surface area contributed by atoms with Crippen LogP contribution in [-0.4, -0.2) is 45.4 Å². The first-order chi connectivity index (χ1) is 13.3. The topological polar surface area (TPSA) is 56.6 Å². The molecule has 4 aromatic rings. The molecule has 0 saturated carbocycles. The summed E-state index contributed by atoms with van der Waals surface area (Å²) in [5, 5.41) is 0.719. The fraction of sp³-hybridized carbons (Fsp3) is 0.238. The molecule has 4 heterocycles. The van der Waals surface area contributed by atoms with Crippen molar-refractivity contribution in [3.63, 3.8) is 0 Å². The number of para-hydroxylation sites is 1. The highest BCUT2D eigenvalue weighted by atomic mass is 16.1. The van der Waals surface area contributed by atoms with E-state index in [2.05, 4.69) is 42.5 Å². The van der Waals surface area contributed by atoms with Gasteiger partial charge >= 0.3 is 0 Å². The molecule has 0 amide bonds. The molecule has 5 rings (SSSR count). The number of aromatic nitrogens is 3. The van der Waals surface area contributed by atoms with Gasteiger partial charge in [0.05, 0.1) is 10.9 Å². The maximum absolute atomic E-state index is 12.3. The Hall–Kier alpha value is -3.12. The Labute approximate surface area is 156 Å². The number of rotatable bonds is 3. The normalized spacial score (nSPS) is 15.6. The van der Waals surface area contributed by atoms with Gasteiger partial charge in [0.1, 0.15) is 11.5 Å². The van der Waals surface area contributed by atoms with Crippen LogP contribution in [0.15, 0.2) is 65.7 Å². The smallest absolute Gasteiger partial charge is 0.258 e. The molecule has 0 aliphatic carbocycles. The molecule has 1 aromatic carbocycles. The van der Waals surface area contributed by atoms with E-state index in [1.165, 1.54) is 5.56 Å². The first-order valence-electron chi connectivity index (χ1n) is 9.28. The molecule has 0 atom stereocenters. The molecule has 6 nitrogen and oxygen atoms in total. The van der Waals surface area contributed by atoms with Crippen LogP contribution < -0.4 is 10.5 Å². The predicted molar refractivity (Wildman–Crippen MR) is 107 cm³/mol. The zero-order valence-electron chi connectivity index (χ0n) is 15.0. The van der Waals surface area contributed by atoms with Crippen molar-refractivity contribution in [2.45, 2.75) is 6.54 Å². The number of nitrogens with one attached hydrogen (secondary N) is 1. The van der Waals surface area contributed by atoms with Crippen molar-refractivity contribution in [1.29, 1.82) is 0 Å². The molecule has 1 aliphatic rings. The summed E-state index contributed by atoms with van der Waals surface area (Å²) in [4.78, 5) is 24.5. The highest BCUT2D eigenvalue weighted by molar-refractivity contribution is 5.80. The highest BCUT2D eigenvalue weighted by Gasteiger charge is 2.18. The van der Waals surface area contributed by atoms with E-state index in [-0.39, 0.29) is 5.56 Å². The zero-order chi connectivity index (χ0) is 18.2. The second-order valence-electron chi connectivity index (χ2n) is 7.03. The lowest BCUT2D eigenvalue weighted by Gasteiger charge is -2.35. The molecule has 1 fully saturated rings. The molecular weight excluding hydrogens is 338 g/mol. The molecule has 3 aromatic heterocycles. The predicted octanol–water partition coefficient (Wildman–Crippen LogP) is 2.50. The standard InChI is InChI=1S/C21H21N5O/c27-21-17-5-1-2-6-18(17)26-15-16(13-20(26)23-21)14-24-9-11-25(12-10-24)19-7-3-4-8-22-19/h1-8,13,15H,9-12,14H2,(H,23,27). The SMILES string of the molecule is O=c1[nH]c2cc(CN3CCN(c4ccccn4)CC3)cn2c2ccccc12. The fourth-order valence-electron chi connectivity index (χ4n) is 3.89. The lowest BCUT2D eigenvalue weighted by Crippen LogP contribution is -2.46. The summed E-state index contributed by atoms with van der Waals surface area (Å²) in [6, 6.07) is 15.9. The van der Waals surface area contributed by atoms with Gasteiger partial charge < -0.3 is 14.3 Å². The van der Waals surface area contributed by atoms with Crippen LogP contribution in [0.1, 0.15) is 5.56 Å². The summed E-state index contributed by atoms with van der Waals surface area (Å²) in [5.41, 5.74) is 2.98. The van der Waals surface area contributed by atoms with Crippen molar-refractivity contribution < 1.29 is 0 Å². The van der Waals surface area contributed by atoms with Gasteiger partial charge in [0.25, 0.3) is 5.56 Å². The summed E-state index contributed by atoms with van der Waals surface area (Å²) >= 11 is 0. The molecule has 1 aliphatic heterocycles. The Balaban J connectivity index is 1.35. The molecule has 27 heavy (non-hydrogen) atoms. The first-order valence-corrected chi connectivity index (χ1v) is 9.28. The summed E-state index contributed by atoms with van der Waals surface area (Å²) in [5.74, 6) is 1.05. The van der Waals surface area contributed by atoms with E-state index in [9.17, 15) is 4.79 Å². The molecular formula is C21H21N5O. The van der Waals surface area contributed by atoms with Gasteiger partial charge in [0.15, 0.2) is 0 Å². The third kappa shape index (κ3) is 2.98. The quantitative estimate of drug-likeness (QED) is 0.611. The van der Waals surface area contributed by atoms with Gasteiger partial charge in [0, 0.05) is 45.1 Å². The molecule has 0 radical (unpaired) electrons. The number of fused-ring (bicyclic) bond motifs is 3. The monoisotopic (exact) mass is 359 g/mol. The van der Waals surface area contributed by atoms with E-state index in [1.54, 1.807) is 0 Å². The zero-order valence-corrected chi connectivity index (χ0v) is 15.0. The van der Waals surface area contributed by atoms with Gasteiger partial charge in [-0.1, -0.05) is 18.2 Å². The minimum absolute atomic E-state index is 0.0354. The largest absolute Gasteiger partial charge is 0.354 e. The van der Waals surface area contributed by atoms with Crippen molar-refractivity contribution >= 4 is 22.4 Å². The van der Waals surface area contributed by atoms with Crippen molar-refractivity contribution in [2.24, 2.45) is 0 Å². The maximum atomic E-state index is 12.3. The molecule has 6 heteroatoms. The number of piperazine rings is 1. The fourth-order valence-corrected chi connectivity index (χ4v) is 3.89. The number of anilines is 1. The van der Waals surface area contributed by atoms with Gasteiger partial charge in [-0.3, -0.25) is 9.69 Å². The van der Waals surface area contributed by atoms with Gasteiger partial charge in [-0.15, -0.1) is 0 Å². The van der Waals surface area contributed by atoms with E-state index >= 15 is 0 Å². The second-order valence-corrected chi connectivity index (χ2v) is 7.03. The van der Waals surface area contributed by atoms with E-state index in [0.717, 1.165) is 55.1 Å². The van der Waals surface area contributed by atoms with Crippen LogP contribution in [0.2, 0.25) is 0 Å². The summed E-state index contributed by atoms with van der Waals surface area (Å²) < 4.78 is 2.08. The molecule has 136 valence electrons. The van der Waals surface area contributed by atoms with E-state index in [1.807, 2.05) is 42.6 Å². The van der Waals surface area contributed by atoms with E-state index < -0.39 is 0 Å². The molecule has 0 spiro atoms. The van der Waals surface area contributed by atoms with Crippen LogP contribution in [0.3, 0.4) is 0 Å². The number of aromatic amines is 1. The maximum Gasteiger partial charge on any atom is 0.258 e. The van der Waals surface area contributed by atoms with Gasteiger partial charge in [0.2, 0.25) is 0 Å². The molecule has 1 saturated heterocycles. The van der Waals surface area contributed by atoms with Crippen molar-refractivity contribution in [3.8, 4) is 0 Å². The lowest BCUT2D eigenvalue weighted by atomic mass is 10.2. The number of nitrogens with zero attached hydrogens (tertiary/aromatic N) is 4. The van der Waals surface area contributed by atoms with Crippen LogP contribution in [0.5, 0.6) is 0 Å². The molecule has 1 N–H and O–H groups in total. The van der Waals surface area contributed by atoms with Crippen molar-refractivity contribution in [2.75, 3.05) is 31.1 Å². The Kier molecular flexibility index (Phi) is 3.90. The summed E-state index contributed by atoms with van der Waals surface area (Å²) in [6.07, 6.45) is 3.98. The Morgan fingerprint density at radius 3 is 2.63 bits per heavy atom. The number of benzene rings is 1. The van der Waals surface area contributed by atoms with Crippen LogP contribution in [0.25, 0.3) is 16.6 Å². The van der Waals surface area contributed by atoms with E-state index in [0.29, 0.717) is 0 Å². The Morgan fingerprint density at radius 2 is 1.81 bits per heavy atom. The van der Waals surface area contributed by atoms with Crippen molar-refractivity contribution in [1.82, 2.24) is 19.3 Å². The van der Waals surface area contributed by atoms with Crippen LogP contribution >= 0.6 is 0 Å². The average molecular weight is 359 g/mol. The Morgan fingerprint density at radius 1 is 1.00 bits per heavy atom. The lowest BCUT2D eigenvalue weighted by molar-refractivity contribution is 0.249. The number of hydrogen-bond acceptors (Lipinski definition) is 4. The van der Waals surface area contributed by atoms with Crippen LogP contribution in [0.4, 0.5) is 5.82 Å². The minimum atomic E-state index is -0.0354. The van der Waals surface area contributed by atoms with Gasteiger partial charge in [-0.2, -0.15) is 0 Å². The Bertz CT molecular complexity index is 1140. The van der Waals surface area contributed by atoms with Crippen molar-refractivity contribution in [3.05, 3.63) is 76.8 Å². The number of pyridine rings is 1. The van der Waals surface area contributed by atoms with E-state index in [4.69, 9.17) is 0 Å². The van der Waals surface area contributed by atoms with Crippen LogP contribution in [-0.2, 0) is 6.54 Å². The minimum Gasteiger partial charge on any atom is -0.354 e. The third-order valence-corrected chi connectivity index (χ3v) is 5.28. The number of H-pyrrole nitrogens is 1. The first kappa shape index (κ1) is 16.1. The summed E-state index contributed by atoms with van der Waals surface area (Å²) in [6.45, 7) is 4.84.